The molecule has 10 heteroatoms. The number of pyridine rings is 1. The summed E-state index contributed by atoms with van der Waals surface area (Å²) in [5.41, 5.74) is 0.231. The number of anilines is 1. The number of aromatic nitrogens is 1. The van der Waals surface area contributed by atoms with Crippen LogP contribution in [0, 0.1) is 0 Å². The molecule has 3 aromatic rings. The van der Waals surface area contributed by atoms with Crippen molar-refractivity contribution in [1.29, 1.82) is 0 Å². The van der Waals surface area contributed by atoms with Crippen LogP contribution in [0.15, 0.2) is 82.8 Å². The number of nitrogens with zero attached hydrogens (tertiary/aromatic N) is 1. The third-order valence-electron chi connectivity index (χ3n) is 4.09. The van der Waals surface area contributed by atoms with Gasteiger partial charge in [0.2, 0.25) is 9.84 Å². The van der Waals surface area contributed by atoms with Crippen LogP contribution in [0.2, 0.25) is 0 Å². The second kappa shape index (κ2) is 8.54. The highest BCUT2D eigenvalue weighted by atomic mass is 32.2. The van der Waals surface area contributed by atoms with Crippen LogP contribution in [0.1, 0.15) is 11.1 Å². The highest BCUT2D eigenvalue weighted by molar-refractivity contribution is 7.91. The molecule has 0 spiro atoms. The number of rotatable bonds is 5. The molecule has 156 valence electrons. The smallest absolute Gasteiger partial charge is 0.334 e. The number of urea groups is 1. The number of carbonyl (C=O) groups excluding carboxylic acids is 1. The number of halogens is 3. The fourth-order valence-corrected chi connectivity index (χ4v) is 3.80. The summed E-state index contributed by atoms with van der Waals surface area (Å²) in [5, 5.41) is 5.20. The highest BCUT2D eigenvalue weighted by Gasteiger charge is 2.30. The van der Waals surface area contributed by atoms with Crippen molar-refractivity contribution in [2.45, 2.75) is 22.5 Å². The van der Waals surface area contributed by atoms with Gasteiger partial charge in [-0.25, -0.2) is 13.2 Å². The molecule has 0 fully saturated rings. The Bertz CT molecular complexity index is 1120. The van der Waals surface area contributed by atoms with Crippen LogP contribution in [0.4, 0.5) is 23.7 Å². The fourth-order valence-electron chi connectivity index (χ4n) is 2.54. The van der Waals surface area contributed by atoms with Crippen LogP contribution < -0.4 is 10.6 Å². The summed E-state index contributed by atoms with van der Waals surface area (Å²) in [6.45, 7) is 0.264. The lowest BCUT2D eigenvalue weighted by molar-refractivity contribution is -0.137. The molecular weight excluding hydrogens is 419 g/mol. The van der Waals surface area contributed by atoms with Crippen molar-refractivity contribution in [2.24, 2.45) is 0 Å². The number of carbonyl (C=O) groups is 1. The second-order valence-electron chi connectivity index (χ2n) is 6.22. The number of sulfone groups is 1. The van der Waals surface area contributed by atoms with E-state index in [0.29, 0.717) is 5.69 Å². The molecule has 0 radical (unpaired) electrons. The molecule has 3 rings (SSSR count). The maximum Gasteiger partial charge on any atom is 0.416 e. The topological polar surface area (TPSA) is 88.2 Å². The Hall–Kier alpha value is -3.40. The lowest BCUT2D eigenvalue weighted by Gasteiger charge is -2.10. The molecule has 6 nitrogen and oxygen atoms in total. The third-order valence-corrected chi connectivity index (χ3v) is 5.88. The molecule has 1 heterocycles. The van der Waals surface area contributed by atoms with Crippen molar-refractivity contribution >= 4 is 21.6 Å². The molecular formula is C20H16F3N3O3S. The first-order valence-electron chi connectivity index (χ1n) is 8.62. The molecule has 0 saturated heterocycles. The Labute approximate surface area is 170 Å². The molecule has 0 bridgehead atoms. The minimum absolute atomic E-state index is 0.108. The quantitative estimate of drug-likeness (QED) is 0.627. The van der Waals surface area contributed by atoms with Crippen molar-refractivity contribution in [3.05, 3.63) is 84.2 Å². The maximum atomic E-state index is 12.6. The molecule has 30 heavy (non-hydrogen) atoms. The maximum absolute atomic E-state index is 12.6. The van der Waals surface area contributed by atoms with E-state index in [1.54, 1.807) is 24.5 Å². The summed E-state index contributed by atoms with van der Waals surface area (Å²) in [6.07, 6.45) is -1.32. The Balaban J connectivity index is 1.66. The zero-order valence-electron chi connectivity index (χ0n) is 15.3. The van der Waals surface area contributed by atoms with E-state index >= 15 is 0 Å². The Morgan fingerprint density at radius 2 is 1.53 bits per heavy atom. The highest BCUT2D eigenvalue weighted by Crippen LogP contribution is 2.31. The second-order valence-corrected chi connectivity index (χ2v) is 8.17. The lowest BCUT2D eigenvalue weighted by atomic mass is 10.2. The van der Waals surface area contributed by atoms with Crippen molar-refractivity contribution in [2.75, 3.05) is 5.32 Å². The number of amides is 2. The van der Waals surface area contributed by atoms with Gasteiger partial charge in [0, 0.05) is 24.6 Å². The van der Waals surface area contributed by atoms with Gasteiger partial charge in [-0.05, 0) is 60.2 Å². The molecule has 2 aromatic carbocycles. The van der Waals surface area contributed by atoms with E-state index in [9.17, 15) is 26.4 Å². The van der Waals surface area contributed by atoms with Gasteiger partial charge in [0.1, 0.15) is 0 Å². The van der Waals surface area contributed by atoms with Gasteiger partial charge >= 0.3 is 12.2 Å². The standard InChI is InChI=1S/C20H16F3N3O3S/c21-20(22,23)15-3-7-17(8-4-15)30(28,29)18-9-5-16(6-10-18)26-19(27)25-13-14-2-1-11-24-12-14/h1-12H,13H2,(H2,25,26,27). The Kier molecular flexibility index (Phi) is 6.06. The first-order valence-corrected chi connectivity index (χ1v) is 10.1. The lowest BCUT2D eigenvalue weighted by Crippen LogP contribution is -2.28. The van der Waals surface area contributed by atoms with Gasteiger partial charge in [0.05, 0.1) is 15.4 Å². The van der Waals surface area contributed by atoms with Crippen molar-refractivity contribution in [3.63, 3.8) is 0 Å². The van der Waals surface area contributed by atoms with Crippen molar-refractivity contribution in [3.8, 4) is 0 Å². The van der Waals surface area contributed by atoms with Crippen LogP contribution >= 0.6 is 0 Å². The summed E-state index contributed by atoms with van der Waals surface area (Å²) in [6, 6.07) is 11.6. The van der Waals surface area contributed by atoms with E-state index in [1.807, 2.05) is 0 Å². The molecule has 2 N–H and O–H groups in total. The minimum Gasteiger partial charge on any atom is -0.334 e. The molecule has 0 aliphatic heterocycles. The van der Waals surface area contributed by atoms with Crippen LogP contribution in [0.5, 0.6) is 0 Å². The Morgan fingerprint density at radius 3 is 2.07 bits per heavy atom. The number of hydrogen-bond donors (Lipinski definition) is 2. The minimum atomic E-state index is -4.55. The van der Waals surface area contributed by atoms with Crippen LogP contribution in [0.3, 0.4) is 0 Å². The zero-order valence-corrected chi connectivity index (χ0v) is 16.2. The van der Waals surface area contributed by atoms with E-state index < -0.39 is 27.6 Å². The molecule has 0 aliphatic carbocycles. The third kappa shape index (κ3) is 5.15. The van der Waals surface area contributed by atoms with Crippen LogP contribution in [-0.2, 0) is 22.6 Å². The SMILES string of the molecule is O=C(NCc1cccnc1)Nc1ccc(S(=O)(=O)c2ccc(C(F)(F)F)cc2)cc1. The molecule has 0 unspecified atom stereocenters. The molecule has 0 aliphatic rings. The number of nitrogens with one attached hydrogen (secondary N) is 2. The van der Waals surface area contributed by atoms with Crippen LogP contribution in [-0.4, -0.2) is 19.4 Å². The van der Waals surface area contributed by atoms with Gasteiger partial charge in [-0.2, -0.15) is 13.2 Å². The van der Waals surface area contributed by atoms with E-state index in [-0.39, 0.29) is 16.3 Å². The van der Waals surface area contributed by atoms with Crippen LogP contribution in [0.25, 0.3) is 0 Å². The monoisotopic (exact) mass is 435 g/mol. The van der Waals surface area contributed by atoms with Crippen molar-refractivity contribution in [1.82, 2.24) is 10.3 Å². The predicted octanol–water partition coefficient (Wildman–Crippen LogP) is 4.25. The molecule has 0 saturated carbocycles. The van der Waals surface area contributed by atoms with Gasteiger partial charge in [0.25, 0.3) is 0 Å². The van der Waals surface area contributed by atoms with E-state index in [1.165, 1.54) is 24.3 Å². The van der Waals surface area contributed by atoms with E-state index in [2.05, 4.69) is 15.6 Å². The van der Waals surface area contributed by atoms with Gasteiger partial charge in [-0.15, -0.1) is 0 Å². The van der Waals surface area contributed by atoms with Gasteiger partial charge in [0.15, 0.2) is 0 Å². The Morgan fingerprint density at radius 1 is 0.933 bits per heavy atom. The summed E-state index contributed by atoms with van der Waals surface area (Å²) < 4.78 is 63.1. The largest absolute Gasteiger partial charge is 0.416 e. The van der Waals surface area contributed by atoms with Gasteiger partial charge < -0.3 is 10.6 Å². The van der Waals surface area contributed by atoms with Crippen molar-refractivity contribution < 1.29 is 26.4 Å². The number of hydrogen-bond acceptors (Lipinski definition) is 4. The summed E-state index contributed by atoms with van der Waals surface area (Å²) >= 11 is 0. The van der Waals surface area contributed by atoms with E-state index in [4.69, 9.17) is 0 Å². The summed E-state index contributed by atoms with van der Waals surface area (Å²) in [7, 11) is -4.00. The summed E-state index contributed by atoms with van der Waals surface area (Å²) in [4.78, 5) is 15.5. The first kappa shape index (κ1) is 21.3. The zero-order chi connectivity index (χ0) is 21.8. The van der Waals surface area contributed by atoms with Gasteiger partial charge in [-0.1, -0.05) is 6.07 Å². The number of alkyl halides is 3. The number of benzene rings is 2. The fraction of sp³-hybridized carbons (Fsp3) is 0.100. The molecule has 0 atom stereocenters. The summed E-state index contributed by atoms with van der Waals surface area (Å²) in [5.74, 6) is 0. The van der Waals surface area contributed by atoms with Gasteiger partial charge in [-0.3, -0.25) is 4.98 Å². The average Bonchev–Trinajstić information content (AvgIpc) is 2.73. The van der Waals surface area contributed by atoms with E-state index in [0.717, 1.165) is 29.8 Å². The average molecular weight is 435 g/mol. The first-order chi connectivity index (χ1) is 14.2. The molecule has 2 amide bonds. The predicted molar refractivity (Wildman–Crippen MR) is 103 cm³/mol. The normalized spacial score (nSPS) is 11.7. The molecule has 1 aromatic heterocycles.